The molecule has 1 aromatic rings. The zero-order chi connectivity index (χ0) is 28.1. The molecule has 7 N–H and O–H groups in total. The van der Waals surface area contributed by atoms with E-state index in [2.05, 4.69) is 0 Å². The van der Waals surface area contributed by atoms with E-state index >= 15 is 0 Å². The molecule has 6 atom stereocenters. The van der Waals surface area contributed by atoms with Gasteiger partial charge >= 0.3 is 0 Å². The molecule has 0 heterocycles. The van der Waals surface area contributed by atoms with Crippen LogP contribution in [0.4, 0.5) is 0 Å². The molecule has 0 aliphatic heterocycles. The Kier molecular flexibility index (Phi) is 5.83. The molecule has 2 saturated carbocycles. The van der Waals surface area contributed by atoms with Gasteiger partial charge in [0.2, 0.25) is 5.78 Å². The molecule has 0 saturated heterocycles. The number of amides is 1. The summed E-state index contributed by atoms with van der Waals surface area (Å²) in [5, 5.41) is 57.3. The number of fused-ring (bicyclic) bond motifs is 3. The molecule has 2 fully saturated rings. The summed E-state index contributed by atoms with van der Waals surface area (Å²) < 4.78 is 0. The predicted molar refractivity (Wildman–Crippen MR) is 136 cm³/mol. The van der Waals surface area contributed by atoms with Gasteiger partial charge in [-0.1, -0.05) is 38.8 Å². The monoisotopic (exact) mass is 526 g/mol. The van der Waals surface area contributed by atoms with Crippen molar-refractivity contribution in [2.75, 3.05) is 14.1 Å². The minimum atomic E-state index is -2.91. The van der Waals surface area contributed by atoms with Crippen LogP contribution < -0.4 is 5.73 Å². The summed E-state index contributed by atoms with van der Waals surface area (Å²) in [5.74, 6) is -8.65. The maximum absolute atomic E-state index is 14.1. The Balaban J connectivity index is 1.78. The van der Waals surface area contributed by atoms with E-state index in [1.165, 1.54) is 19.0 Å². The fourth-order valence-electron chi connectivity index (χ4n) is 7.53. The van der Waals surface area contributed by atoms with Crippen molar-refractivity contribution in [3.63, 3.8) is 0 Å². The number of aromatic hydroxyl groups is 1. The smallest absolute Gasteiger partial charge is 0.255 e. The van der Waals surface area contributed by atoms with Crippen LogP contribution >= 0.6 is 0 Å². The first kappa shape index (κ1) is 26.4. The lowest BCUT2D eigenvalue weighted by Crippen LogP contribution is -2.70. The van der Waals surface area contributed by atoms with Crippen LogP contribution in [-0.4, -0.2) is 79.7 Å². The Bertz CT molecular complexity index is 1340. The average Bonchev–Trinajstić information content (AvgIpc) is 3.28. The van der Waals surface area contributed by atoms with Crippen LogP contribution in [0.25, 0.3) is 5.76 Å². The summed E-state index contributed by atoms with van der Waals surface area (Å²) in [6.45, 7) is 3.77. The third kappa shape index (κ3) is 3.14. The predicted octanol–water partition coefficient (Wildman–Crippen LogP) is 1.33. The van der Waals surface area contributed by atoms with Crippen LogP contribution in [0.1, 0.15) is 62.1 Å². The number of benzene rings is 1. The molecule has 10 heteroatoms. The first-order valence-corrected chi connectivity index (χ1v) is 12.9. The number of nitrogens with zero attached hydrogens (tertiary/aromatic N) is 1. The maximum Gasteiger partial charge on any atom is 0.255 e. The highest BCUT2D eigenvalue weighted by atomic mass is 16.4. The van der Waals surface area contributed by atoms with Crippen molar-refractivity contribution in [1.29, 1.82) is 0 Å². The van der Waals surface area contributed by atoms with Gasteiger partial charge < -0.3 is 31.3 Å². The van der Waals surface area contributed by atoms with E-state index in [4.69, 9.17) is 5.73 Å². The van der Waals surface area contributed by atoms with Gasteiger partial charge in [0.15, 0.2) is 11.4 Å². The maximum atomic E-state index is 14.1. The molecular formula is C28H34N2O8. The number of nitrogens with two attached hydrogens (primary N) is 1. The number of aliphatic hydroxyl groups is 4. The van der Waals surface area contributed by atoms with E-state index in [9.17, 15) is 39.9 Å². The molecule has 1 amide bonds. The highest BCUT2D eigenvalue weighted by Gasteiger charge is 2.68. The first-order chi connectivity index (χ1) is 17.7. The van der Waals surface area contributed by atoms with Crippen LogP contribution in [-0.2, 0) is 19.8 Å². The number of ketones is 2. The number of carbonyl (C=O) groups excluding carboxylic acids is 3. The Morgan fingerprint density at radius 3 is 2.26 bits per heavy atom. The van der Waals surface area contributed by atoms with Gasteiger partial charge in [0.25, 0.3) is 5.91 Å². The number of hydrogen-bond donors (Lipinski definition) is 6. The van der Waals surface area contributed by atoms with Crippen LogP contribution in [0.2, 0.25) is 0 Å². The van der Waals surface area contributed by atoms with Gasteiger partial charge in [-0.05, 0) is 43.8 Å². The van der Waals surface area contributed by atoms with Crippen molar-refractivity contribution < 1.29 is 39.9 Å². The Morgan fingerprint density at radius 2 is 1.71 bits per heavy atom. The molecule has 4 aliphatic rings. The molecule has 38 heavy (non-hydrogen) atoms. The van der Waals surface area contributed by atoms with E-state index in [0.29, 0.717) is 11.1 Å². The number of aliphatic hydroxyl groups excluding tert-OH is 3. The number of rotatable bonds is 3. The van der Waals surface area contributed by atoms with E-state index in [0.717, 1.165) is 25.7 Å². The highest BCUT2D eigenvalue weighted by Crippen LogP contribution is 2.57. The van der Waals surface area contributed by atoms with E-state index in [-0.39, 0.29) is 22.3 Å². The van der Waals surface area contributed by atoms with Gasteiger partial charge in [0.1, 0.15) is 22.8 Å². The van der Waals surface area contributed by atoms with Crippen LogP contribution in [0.5, 0.6) is 5.75 Å². The summed E-state index contributed by atoms with van der Waals surface area (Å²) in [5.41, 5.74) is 2.03. The summed E-state index contributed by atoms with van der Waals surface area (Å²) in [7, 11) is 2.96. The summed E-state index contributed by atoms with van der Waals surface area (Å²) in [4.78, 5) is 40.8. The number of phenolic OH excluding ortho intramolecular Hbond substituents is 1. The zero-order valence-electron chi connectivity index (χ0n) is 21.9. The molecule has 5 rings (SSSR count). The third-order valence-electron chi connectivity index (χ3n) is 9.49. The minimum Gasteiger partial charge on any atom is -0.508 e. The summed E-state index contributed by atoms with van der Waals surface area (Å²) in [6.07, 6.45) is 2.10. The largest absolute Gasteiger partial charge is 0.508 e. The number of primary amides is 1. The second-order valence-corrected chi connectivity index (χ2v) is 11.7. The molecule has 4 aliphatic carbocycles. The molecule has 1 aromatic carbocycles. The molecular weight excluding hydrogens is 492 g/mol. The molecule has 204 valence electrons. The topological polar surface area (TPSA) is 182 Å². The van der Waals surface area contributed by atoms with Gasteiger partial charge in [-0.3, -0.25) is 19.3 Å². The molecule has 0 radical (unpaired) electrons. The van der Waals surface area contributed by atoms with Crippen molar-refractivity contribution >= 4 is 23.2 Å². The first-order valence-electron chi connectivity index (χ1n) is 12.9. The molecule has 0 spiro atoms. The summed E-state index contributed by atoms with van der Waals surface area (Å²) >= 11 is 0. The minimum absolute atomic E-state index is 0.0478. The third-order valence-corrected chi connectivity index (χ3v) is 9.49. The van der Waals surface area contributed by atoms with Crippen LogP contribution in [0.15, 0.2) is 29.0 Å². The van der Waals surface area contributed by atoms with Crippen molar-refractivity contribution in [2.45, 2.75) is 68.6 Å². The molecule has 0 aromatic heterocycles. The lowest BCUT2D eigenvalue weighted by atomic mass is 9.54. The quantitative estimate of drug-likeness (QED) is 0.317. The van der Waals surface area contributed by atoms with E-state index in [1.807, 2.05) is 13.0 Å². The summed E-state index contributed by atoms with van der Waals surface area (Å²) in [6, 6.07) is 2.23. The van der Waals surface area contributed by atoms with Crippen molar-refractivity contribution in [3.8, 4) is 5.75 Å². The van der Waals surface area contributed by atoms with Crippen molar-refractivity contribution in [3.05, 3.63) is 45.7 Å². The van der Waals surface area contributed by atoms with Gasteiger partial charge in [0, 0.05) is 17.1 Å². The van der Waals surface area contributed by atoms with Crippen molar-refractivity contribution in [1.82, 2.24) is 4.90 Å². The van der Waals surface area contributed by atoms with Crippen LogP contribution in [0.3, 0.4) is 0 Å². The number of carbonyl (C=O) groups is 3. The fourth-order valence-corrected chi connectivity index (χ4v) is 7.53. The lowest BCUT2D eigenvalue weighted by molar-refractivity contribution is -0.169. The lowest BCUT2D eigenvalue weighted by Gasteiger charge is -2.53. The number of Topliss-reactive ketones (excluding diaryl/α,β-unsaturated/α-hetero) is 2. The second kappa shape index (κ2) is 8.39. The van der Waals surface area contributed by atoms with E-state index in [1.54, 1.807) is 13.0 Å². The molecule has 10 nitrogen and oxygen atoms in total. The zero-order valence-corrected chi connectivity index (χ0v) is 21.9. The Morgan fingerprint density at radius 1 is 1.11 bits per heavy atom. The number of hydrogen-bond acceptors (Lipinski definition) is 9. The fraction of sp³-hybridized carbons (Fsp3) is 0.536. The average molecular weight is 527 g/mol. The second-order valence-electron chi connectivity index (χ2n) is 11.7. The number of likely N-dealkylation sites (N-methyl/N-ethyl adjacent to an activating group) is 1. The Hall–Kier alpha value is -3.21. The Labute approximate surface area is 220 Å². The molecule has 0 bridgehead atoms. The number of phenols is 1. The standard InChI is InChI=1S/C28H34N2O8/c1-11-12-7-8-13(27(2)9-5-6-10-27)20(31)15(12)21(32)16-14(11)22(33)18-19(30(3)4)23(34)17(26(29)37)25(36)28(18,38)24(16)35/h7-8,11,14,18-19,22,31-33,36,38H,5-6,9-10H2,1-4H3,(H2,29,37)/t11-,14?,18?,19-,22-,28-/m0/s1. The van der Waals surface area contributed by atoms with Gasteiger partial charge in [-0.2, -0.15) is 0 Å². The SMILES string of the molecule is C[C@H]1c2ccc(C3(C)CCCC3)c(O)c2C(O)=C2C(=O)[C@]3(O)C(O)=C(C(N)=O)C(=O)[C@@H](N(C)C)C3[C@@H](O)C21. The van der Waals surface area contributed by atoms with Crippen molar-refractivity contribution in [2.24, 2.45) is 17.6 Å². The normalized spacial score (nSPS) is 34.3. The van der Waals surface area contributed by atoms with Gasteiger partial charge in [-0.25, -0.2) is 0 Å². The highest BCUT2D eigenvalue weighted by molar-refractivity contribution is 6.24. The van der Waals surface area contributed by atoms with E-state index < -0.39 is 70.1 Å². The van der Waals surface area contributed by atoms with Gasteiger partial charge in [-0.15, -0.1) is 0 Å². The van der Waals surface area contributed by atoms with Gasteiger partial charge in [0.05, 0.1) is 23.6 Å². The van der Waals surface area contributed by atoms with Crippen LogP contribution in [0, 0.1) is 11.8 Å². The molecule has 2 unspecified atom stereocenters.